The molecule has 0 fully saturated rings. The number of esters is 1. The van der Waals surface area contributed by atoms with E-state index in [0.29, 0.717) is 10.0 Å². The first kappa shape index (κ1) is 16.6. The van der Waals surface area contributed by atoms with Gasteiger partial charge in [0.1, 0.15) is 4.88 Å². The summed E-state index contributed by atoms with van der Waals surface area (Å²) < 4.78 is 4.91. The van der Waals surface area contributed by atoms with Crippen molar-refractivity contribution in [2.75, 3.05) is 18.5 Å². The summed E-state index contributed by atoms with van der Waals surface area (Å²) in [6.07, 6.45) is 4.63. The van der Waals surface area contributed by atoms with E-state index in [1.165, 1.54) is 37.5 Å². The summed E-state index contributed by atoms with van der Waals surface area (Å²) in [6, 6.07) is 0. The van der Waals surface area contributed by atoms with Gasteiger partial charge in [-0.05, 0) is 13.3 Å². The molecule has 20 heavy (non-hydrogen) atoms. The van der Waals surface area contributed by atoms with Crippen molar-refractivity contribution in [3.8, 4) is 0 Å². The Morgan fingerprint density at radius 1 is 1.25 bits per heavy atom. The van der Waals surface area contributed by atoms with Crippen molar-refractivity contribution in [1.29, 1.82) is 0 Å². The topological polar surface area (TPSA) is 68.3 Å². The fourth-order valence-electron chi connectivity index (χ4n) is 1.72. The summed E-state index contributed by atoms with van der Waals surface area (Å²) in [6.45, 7) is 6.39. The number of Topliss-reactive ketones (excluding diaryl/α,β-unsaturated/α-hetero) is 1. The number of rotatable bonds is 9. The van der Waals surface area contributed by atoms with Crippen LogP contribution in [0.25, 0.3) is 0 Å². The molecule has 0 atom stereocenters. The molecule has 0 aliphatic heterocycles. The number of aromatic nitrogens is 1. The number of hydrogen-bond donors (Lipinski definition) is 1. The largest absolute Gasteiger partial charge is 0.461 e. The van der Waals surface area contributed by atoms with Gasteiger partial charge in [-0.15, -0.1) is 0 Å². The summed E-state index contributed by atoms with van der Waals surface area (Å²) >= 11 is 1.21. The maximum atomic E-state index is 11.7. The van der Waals surface area contributed by atoms with Crippen LogP contribution < -0.4 is 5.32 Å². The summed E-state index contributed by atoms with van der Waals surface area (Å²) in [5, 5.41) is 3.77. The Hall–Kier alpha value is -1.43. The van der Waals surface area contributed by atoms with Gasteiger partial charge in [0.05, 0.1) is 6.61 Å². The third-order valence-electron chi connectivity index (χ3n) is 2.72. The molecular weight excluding hydrogens is 276 g/mol. The zero-order valence-corrected chi connectivity index (χ0v) is 13.1. The zero-order valence-electron chi connectivity index (χ0n) is 12.3. The average Bonchev–Trinajstić information content (AvgIpc) is 2.83. The van der Waals surface area contributed by atoms with Crippen LogP contribution in [0.15, 0.2) is 0 Å². The quantitative estimate of drug-likeness (QED) is 0.429. The molecule has 5 nitrogen and oxygen atoms in total. The van der Waals surface area contributed by atoms with Gasteiger partial charge < -0.3 is 10.1 Å². The molecule has 1 aromatic heterocycles. The van der Waals surface area contributed by atoms with E-state index in [2.05, 4.69) is 17.2 Å². The SMILES string of the molecule is CCCCCCNc1nc(C(=O)OCC)c(C(C)=O)s1. The van der Waals surface area contributed by atoms with Gasteiger partial charge in [0, 0.05) is 13.5 Å². The second-order valence-electron chi connectivity index (χ2n) is 4.46. The van der Waals surface area contributed by atoms with Gasteiger partial charge in [-0.1, -0.05) is 37.5 Å². The fourth-order valence-corrected chi connectivity index (χ4v) is 2.59. The van der Waals surface area contributed by atoms with Crippen molar-refractivity contribution in [2.45, 2.75) is 46.5 Å². The van der Waals surface area contributed by atoms with Crippen molar-refractivity contribution in [2.24, 2.45) is 0 Å². The highest BCUT2D eigenvalue weighted by molar-refractivity contribution is 7.17. The van der Waals surface area contributed by atoms with Crippen LogP contribution in [0.5, 0.6) is 0 Å². The molecule has 0 spiro atoms. The van der Waals surface area contributed by atoms with E-state index >= 15 is 0 Å². The molecule has 1 aromatic rings. The van der Waals surface area contributed by atoms with Gasteiger partial charge in [-0.2, -0.15) is 0 Å². The number of hydrogen-bond acceptors (Lipinski definition) is 6. The molecule has 0 bridgehead atoms. The number of carbonyl (C=O) groups is 2. The molecule has 1 rings (SSSR count). The Morgan fingerprint density at radius 2 is 2.00 bits per heavy atom. The minimum absolute atomic E-state index is 0.125. The summed E-state index contributed by atoms with van der Waals surface area (Å²) in [5.41, 5.74) is 0.125. The molecule has 1 N–H and O–H groups in total. The minimum atomic E-state index is -0.534. The molecule has 0 saturated heterocycles. The third kappa shape index (κ3) is 4.92. The predicted molar refractivity (Wildman–Crippen MR) is 80.7 cm³/mol. The summed E-state index contributed by atoms with van der Waals surface area (Å²) in [7, 11) is 0. The Kier molecular flexibility index (Phi) is 7.22. The molecule has 0 aromatic carbocycles. The molecule has 0 aliphatic carbocycles. The van der Waals surface area contributed by atoms with Gasteiger partial charge in [-0.25, -0.2) is 9.78 Å². The highest BCUT2D eigenvalue weighted by Gasteiger charge is 2.21. The first-order chi connectivity index (χ1) is 9.60. The van der Waals surface area contributed by atoms with Crippen LogP contribution in [0.1, 0.15) is 66.6 Å². The Labute approximate surface area is 123 Å². The lowest BCUT2D eigenvalue weighted by atomic mass is 10.2. The number of nitrogens with one attached hydrogen (secondary N) is 1. The maximum Gasteiger partial charge on any atom is 0.358 e. The maximum absolute atomic E-state index is 11.7. The number of carbonyl (C=O) groups excluding carboxylic acids is 2. The number of thiazole rings is 1. The van der Waals surface area contributed by atoms with Gasteiger partial charge >= 0.3 is 5.97 Å². The van der Waals surface area contributed by atoms with Crippen LogP contribution >= 0.6 is 11.3 Å². The smallest absolute Gasteiger partial charge is 0.358 e. The van der Waals surface area contributed by atoms with Crippen LogP contribution in [0.3, 0.4) is 0 Å². The second-order valence-corrected chi connectivity index (χ2v) is 5.46. The van der Waals surface area contributed by atoms with Crippen molar-refractivity contribution in [3.05, 3.63) is 10.6 Å². The Bertz CT molecular complexity index is 457. The van der Waals surface area contributed by atoms with Gasteiger partial charge in [0.2, 0.25) is 0 Å². The van der Waals surface area contributed by atoms with E-state index in [-0.39, 0.29) is 18.1 Å². The van der Waals surface area contributed by atoms with E-state index in [0.717, 1.165) is 13.0 Å². The third-order valence-corrected chi connectivity index (χ3v) is 3.84. The molecule has 6 heteroatoms. The normalized spacial score (nSPS) is 10.3. The first-order valence-corrected chi connectivity index (χ1v) is 7.84. The number of anilines is 1. The highest BCUT2D eigenvalue weighted by Crippen LogP contribution is 2.24. The minimum Gasteiger partial charge on any atom is -0.461 e. The Morgan fingerprint density at radius 3 is 2.60 bits per heavy atom. The van der Waals surface area contributed by atoms with E-state index in [4.69, 9.17) is 4.74 Å². The van der Waals surface area contributed by atoms with Gasteiger partial charge in [0.15, 0.2) is 16.6 Å². The van der Waals surface area contributed by atoms with Crippen LogP contribution in [-0.4, -0.2) is 29.9 Å². The average molecular weight is 298 g/mol. The van der Waals surface area contributed by atoms with E-state index < -0.39 is 5.97 Å². The van der Waals surface area contributed by atoms with Crippen LogP contribution in [-0.2, 0) is 4.74 Å². The molecular formula is C14H22N2O3S. The lowest BCUT2D eigenvalue weighted by Gasteiger charge is -2.01. The molecule has 0 amide bonds. The lowest BCUT2D eigenvalue weighted by molar-refractivity contribution is 0.0517. The number of ether oxygens (including phenoxy) is 1. The molecule has 112 valence electrons. The lowest BCUT2D eigenvalue weighted by Crippen LogP contribution is -2.09. The standard InChI is InChI=1S/C14H22N2O3S/c1-4-6-7-8-9-15-14-16-11(13(18)19-5-2)12(20-14)10(3)17/h4-9H2,1-3H3,(H,15,16). The van der Waals surface area contributed by atoms with E-state index in [9.17, 15) is 9.59 Å². The van der Waals surface area contributed by atoms with Crippen molar-refractivity contribution >= 4 is 28.2 Å². The van der Waals surface area contributed by atoms with Crippen molar-refractivity contribution in [1.82, 2.24) is 4.98 Å². The van der Waals surface area contributed by atoms with Crippen LogP contribution in [0.4, 0.5) is 5.13 Å². The number of ketones is 1. The summed E-state index contributed by atoms with van der Waals surface area (Å²) in [5.74, 6) is -0.697. The van der Waals surface area contributed by atoms with Gasteiger partial charge in [-0.3, -0.25) is 4.79 Å². The Balaban J connectivity index is 2.66. The van der Waals surface area contributed by atoms with Crippen LogP contribution in [0, 0.1) is 0 Å². The molecule has 0 unspecified atom stereocenters. The number of nitrogens with zero attached hydrogens (tertiary/aromatic N) is 1. The summed E-state index contributed by atoms with van der Waals surface area (Å²) in [4.78, 5) is 27.8. The number of unbranched alkanes of at least 4 members (excludes halogenated alkanes) is 3. The van der Waals surface area contributed by atoms with Crippen molar-refractivity contribution in [3.63, 3.8) is 0 Å². The van der Waals surface area contributed by atoms with Crippen LogP contribution in [0.2, 0.25) is 0 Å². The molecule has 0 radical (unpaired) electrons. The predicted octanol–water partition coefficient (Wildman–Crippen LogP) is 3.51. The first-order valence-electron chi connectivity index (χ1n) is 7.02. The zero-order chi connectivity index (χ0) is 15.0. The highest BCUT2D eigenvalue weighted by atomic mass is 32.1. The van der Waals surface area contributed by atoms with Crippen molar-refractivity contribution < 1.29 is 14.3 Å². The molecule has 1 heterocycles. The molecule has 0 aliphatic rings. The second kappa shape index (κ2) is 8.68. The van der Waals surface area contributed by atoms with Gasteiger partial charge in [0.25, 0.3) is 0 Å². The van der Waals surface area contributed by atoms with E-state index in [1.54, 1.807) is 6.92 Å². The molecule has 0 saturated carbocycles. The monoisotopic (exact) mass is 298 g/mol. The fraction of sp³-hybridized carbons (Fsp3) is 0.643. The van der Waals surface area contributed by atoms with E-state index in [1.807, 2.05) is 0 Å².